The molecule has 0 aliphatic carbocycles. The van der Waals surface area contributed by atoms with E-state index in [1.54, 1.807) is 0 Å². The average molecular weight is 210 g/mol. The monoisotopic (exact) mass is 210 g/mol. The molecule has 0 saturated carbocycles. The summed E-state index contributed by atoms with van der Waals surface area (Å²) in [6.45, 7) is 9.91. The zero-order chi connectivity index (χ0) is 10.7. The summed E-state index contributed by atoms with van der Waals surface area (Å²) in [5.41, 5.74) is 0.680. The molecule has 2 aliphatic rings. The van der Waals surface area contributed by atoms with Gasteiger partial charge in [-0.15, -0.1) is 0 Å². The first-order chi connectivity index (χ1) is 7.29. The molecular formula is C13H26N2. The molecule has 0 bridgehead atoms. The Hall–Kier alpha value is -0.0800. The summed E-state index contributed by atoms with van der Waals surface area (Å²) in [4.78, 5) is 2.74. The normalized spacial score (nSPS) is 32.0. The van der Waals surface area contributed by atoms with E-state index >= 15 is 0 Å². The van der Waals surface area contributed by atoms with E-state index < -0.39 is 0 Å². The Balaban J connectivity index is 1.81. The van der Waals surface area contributed by atoms with Gasteiger partial charge in [-0.1, -0.05) is 13.8 Å². The van der Waals surface area contributed by atoms with Gasteiger partial charge in [0.05, 0.1) is 0 Å². The van der Waals surface area contributed by atoms with Gasteiger partial charge in [0.15, 0.2) is 0 Å². The maximum Gasteiger partial charge on any atom is 0.0108 e. The molecule has 2 nitrogen and oxygen atoms in total. The van der Waals surface area contributed by atoms with Gasteiger partial charge in [-0.2, -0.15) is 0 Å². The van der Waals surface area contributed by atoms with Gasteiger partial charge >= 0.3 is 0 Å². The Bertz CT molecular complexity index is 183. The average Bonchev–Trinajstić information content (AvgIpc) is 2.47. The summed E-state index contributed by atoms with van der Waals surface area (Å²) >= 11 is 0. The van der Waals surface area contributed by atoms with E-state index in [0.717, 1.165) is 6.04 Å². The van der Waals surface area contributed by atoms with Crippen LogP contribution in [0, 0.1) is 5.41 Å². The number of nitrogens with zero attached hydrogens (tertiary/aromatic N) is 1. The number of hydrogen-bond acceptors (Lipinski definition) is 2. The molecule has 88 valence electrons. The van der Waals surface area contributed by atoms with Gasteiger partial charge in [-0.25, -0.2) is 0 Å². The molecule has 0 amide bonds. The van der Waals surface area contributed by atoms with Crippen molar-refractivity contribution in [2.24, 2.45) is 5.41 Å². The van der Waals surface area contributed by atoms with E-state index in [-0.39, 0.29) is 0 Å². The SMILES string of the molecule is CCC1(CC)CN(C2CCCNCC2)C1. The van der Waals surface area contributed by atoms with E-state index in [0.29, 0.717) is 5.41 Å². The molecule has 1 unspecified atom stereocenters. The molecule has 2 rings (SSSR count). The largest absolute Gasteiger partial charge is 0.317 e. The molecule has 1 atom stereocenters. The Kier molecular flexibility index (Phi) is 3.68. The van der Waals surface area contributed by atoms with Crippen LogP contribution in [0.15, 0.2) is 0 Å². The van der Waals surface area contributed by atoms with Gasteiger partial charge < -0.3 is 5.32 Å². The Morgan fingerprint density at radius 1 is 1.13 bits per heavy atom. The second kappa shape index (κ2) is 4.84. The van der Waals surface area contributed by atoms with Crippen LogP contribution in [0.1, 0.15) is 46.0 Å². The zero-order valence-corrected chi connectivity index (χ0v) is 10.4. The smallest absolute Gasteiger partial charge is 0.0108 e. The molecule has 2 heterocycles. The van der Waals surface area contributed by atoms with Crippen LogP contribution in [0.5, 0.6) is 0 Å². The van der Waals surface area contributed by atoms with Crippen molar-refractivity contribution in [1.29, 1.82) is 0 Å². The molecule has 15 heavy (non-hydrogen) atoms. The van der Waals surface area contributed by atoms with E-state index in [1.165, 1.54) is 58.3 Å². The first-order valence-electron chi connectivity index (χ1n) is 6.74. The van der Waals surface area contributed by atoms with Gasteiger partial charge in [-0.05, 0) is 50.6 Å². The minimum absolute atomic E-state index is 0.680. The lowest BCUT2D eigenvalue weighted by molar-refractivity contribution is -0.0398. The third-order valence-electron chi connectivity index (χ3n) is 4.64. The van der Waals surface area contributed by atoms with Crippen molar-refractivity contribution >= 4 is 0 Å². The second-order valence-electron chi connectivity index (χ2n) is 5.45. The van der Waals surface area contributed by atoms with Gasteiger partial charge in [0.2, 0.25) is 0 Å². The van der Waals surface area contributed by atoms with Crippen LogP contribution in [0.4, 0.5) is 0 Å². The van der Waals surface area contributed by atoms with Crippen LogP contribution < -0.4 is 5.32 Å². The highest BCUT2D eigenvalue weighted by Gasteiger charge is 2.42. The quantitative estimate of drug-likeness (QED) is 0.768. The topological polar surface area (TPSA) is 15.3 Å². The summed E-state index contributed by atoms with van der Waals surface area (Å²) in [6, 6.07) is 0.881. The van der Waals surface area contributed by atoms with Crippen LogP contribution in [-0.4, -0.2) is 37.1 Å². The molecule has 0 aromatic rings. The third kappa shape index (κ3) is 2.36. The summed E-state index contributed by atoms with van der Waals surface area (Å²) in [5.74, 6) is 0. The minimum Gasteiger partial charge on any atom is -0.317 e. The van der Waals surface area contributed by atoms with E-state index in [4.69, 9.17) is 0 Å². The molecular weight excluding hydrogens is 184 g/mol. The van der Waals surface area contributed by atoms with Crippen LogP contribution in [0.2, 0.25) is 0 Å². The Morgan fingerprint density at radius 3 is 2.53 bits per heavy atom. The lowest BCUT2D eigenvalue weighted by atomic mass is 9.74. The number of nitrogens with one attached hydrogen (secondary N) is 1. The first kappa shape index (κ1) is 11.4. The fraction of sp³-hybridized carbons (Fsp3) is 1.00. The predicted octanol–water partition coefficient (Wildman–Crippen LogP) is 2.25. The lowest BCUT2D eigenvalue weighted by Crippen LogP contribution is -2.59. The van der Waals surface area contributed by atoms with Crippen molar-refractivity contribution in [3.63, 3.8) is 0 Å². The molecule has 2 aliphatic heterocycles. The summed E-state index contributed by atoms with van der Waals surface area (Å²) in [6.07, 6.45) is 6.88. The van der Waals surface area contributed by atoms with Crippen molar-refractivity contribution in [2.75, 3.05) is 26.2 Å². The number of rotatable bonds is 3. The van der Waals surface area contributed by atoms with Gasteiger partial charge in [-0.3, -0.25) is 4.90 Å². The first-order valence-corrected chi connectivity index (χ1v) is 6.74. The van der Waals surface area contributed by atoms with Crippen molar-refractivity contribution in [3.05, 3.63) is 0 Å². The highest BCUT2D eigenvalue weighted by molar-refractivity contribution is 4.96. The molecule has 0 aromatic carbocycles. The van der Waals surface area contributed by atoms with Gasteiger partial charge in [0.1, 0.15) is 0 Å². The maximum absolute atomic E-state index is 3.50. The van der Waals surface area contributed by atoms with Crippen molar-refractivity contribution in [3.8, 4) is 0 Å². The van der Waals surface area contributed by atoms with E-state index in [9.17, 15) is 0 Å². The fourth-order valence-corrected chi connectivity index (χ4v) is 3.14. The Morgan fingerprint density at radius 2 is 1.87 bits per heavy atom. The van der Waals surface area contributed by atoms with E-state index in [1.807, 2.05) is 0 Å². The van der Waals surface area contributed by atoms with Crippen molar-refractivity contribution < 1.29 is 0 Å². The summed E-state index contributed by atoms with van der Waals surface area (Å²) in [5, 5.41) is 3.50. The maximum atomic E-state index is 3.50. The van der Waals surface area contributed by atoms with Crippen LogP contribution in [0.3, 0.4) is 0 Å². The summed E-state index contributed by atoms with van der Waals surface area (Å²) < 4.78 is 0. The molecule has 2 saturated heterocycles. The molecule has 0 aromatic heterocycles. The lowest BCUT2D eigenvalue weighted by Gasteiger charge is -2.53. The highest BCUT2D eigenvalue weighted by atomic mass is 15.2. The number of hydrogen-bond donors (Lipinski definition) is 1. The molecule has 1 N–H and O–H groups in total. The van der Waals surface area contributed by atoms with Crippen molar-refractivity contribution in [1.82, 2.24) is 10.2 Å². The van der Waals surface area contributed by atoms with Crippen LogP contribution in [0.25, 0.3) is 0 Å². The molecule has 2 heteroatoms. The molecule has 2 fully saturated rings. The van der Waals surface area contributed by atoms with Gasteiger partial charge in [0.25, 0.3) is 0 Å². The van der Waals surface area contributed by atoms with E-state index in [2.05, 4.69) is 24.1 Å². The van der Waals surface area contributed by atoms with Gasteiger partial charge in [0, 0.05) is 19.1 Å². The standard InChI is InChI=1S/C13H26N2/c1-3-13(4-2)10-15(11-13)12-6-5-8-14-9-7-12/h12,14H,3-11H2,1-2H3. The Labute approximate surface area is 94.4 Å². The second-order valence-corrected chi connectivity index (χ2v) is 5.45. The van der Waals surface area contributed by atoms with Crippen LogP contribution >= 0.6 is 0 Å². The van der Waals surface area contributed by atoms with Crippen molar-refractivity contribution in [2.45, 2.75) is 52.0 Å². The molecule has 0 spiro atoms. The predicted molar refractivity (Wildman–Crippen MR) is 65.1 cm³/mol. The molecule has 0 radical (unpaired) electrons. The fourth-order valence-electron chi connectivity index (χ4n) is 3.14. The number of likely N-dealkylation sites (tertiary alicyclic amines) is 1. The third-order valence-corrected chi connectivity index (χ3v) is 4.64. The summed E-state index contributed by atoms with van der Waals surface area (Å²) in [7, 11) is 0. The highest BCUT2D eigenvalue weighted by Crippen LogP contribution is 2.39. The van der Waals surface area contributed by atoms with Crippen LogP contribution in [-0.2, 0) is 0 Å². The minimum atomic E-state index is 0.680. The zero-order valence-electron chi connectivity index (χ0n) is 10.4.